The van der Waals surface area contributed by atoms with Crippen molar-refractivity contribution in [2.24, 2.45) is 17.8 Å². The van der Waals surface area contributed by atoms with E-state index >= 15 is 0 Å². The Labute approximate surface area is 151 Å². The normalized spacial score (nSPS) is 24.7. The molecule has 2 saturated carbocycles. The average Bonchev–Trinajstić information content (AvgIpc) is 3.30. The number of hydrogen-bond acceptors (Lipinski definition) is 4. The van der Waals surface area contributed by atoms with Crippen LogP contribution in [0, 0.1) is 17.8 Å². The SMILES string of the molecule is COc1ccc2nc(C(F)(F)CCCC[C@H]3CC[C@@H]4C[C@H]34)c(O)nc2c1. The Balaban J connectivity index is 1.41. The lowest BCUT2D eigenvalue weighted by Gasteiger charge is -2.18. The van der Waals surface area contributed by atoms with E-state index in [-0.39, 0.29) is 6.42 Å². The van der Waals surface area contributed by atoms with E-state index in [1.54, 1.807) is 18.2 Å². The molecule has 1 aromatic heterocycles. The van der Waals surface area contributed by atoms with Crippen LogP contribution in [0.1, 0.15) is 50.6 Å². The van der Waals surface area contributed by atoms with E-state index in [4.69, 9.17) is 4.74 Å². The third-order valence-electron chi connectivity index (χ3n) is 6.01. The Morgan fingerprint density at radius 3 is 2.73 bits per heavy atom. The smallest absolute Gasteiger partial charge is 0.295 e. The number of ether oxygens (including phenoxy) is 1. The van der Waals surface area contributed by atoms with Gasteiger partial charge in [0, 0.05) is 12.5 Å². The van der Waals surface area contributed by atoms with Gasteiger partial charge in [-0.3, -0.25) is 0 Å². The molecule has 0 aliphatic heterocycles. The predicted octanol–water partition coefficient (Wildman–Crippen LogP) is 5.04. The van der Waals surface area contributed by atoms with Gasteiger partial charge >= 0.3 is 0 Å². The Bertz CT molecular complexity index is 812. The van der Waals surface area contributed by atoms with Crippen LogP contribution >= 0.6 is 0 Å². The summed E-state index contributed by atoms with van der Waals surface area (Å²) < 4.78 is 34.3. The largest absolute Gasteiger partial charge is 0.497 e. The van der Waals surface area contributed by atoms with Crippen molar-refractivity contribution in [3.8, 4) is 11.6 Å². The van der Waals surface area contributed by atoms with Crippen molar-refractivity contribution in [2.75, 3.05) is 7.11 Å². The second kappa shape index (κ2) is 6.63. The fourth-order valence-corrected chi connectivity index (χ4v) is 4.45. The first-order chi connectivity index (χ1) is 12.5. The zero-order valence-corrected chi connectivity index (χ0v) is 14.9. The summed E-state index contributed by atoms with van der Waals surface area (Å²) in [7, 11) is 1.51. The van der Waals surface area contributed by atoms with Crippen molar-refractivity contribution in [3.05, 3.63) is 23.9 Å². The molecule has 3 atom stereocenters. The van der Waals surface area contributed by atoms with Gasteiger partial charge in [0.15, 0.2) is 5.69 Å². The maximum atomic E-state index is 14.6. The summed E-state index contributed by atoms with van der Waals surface area (Å²) in [5.74, 6) is -0.781. The maximum Gasteiger partial charge on any atom is 0.295 e. The van der Waals surface area contributed by atoms with Gasteiger partial charge < -0.3 is 9.84 Å². The maximum absolute atomic E-state index is 14.6. The summed E-state index contributed by atoms with van der Waals surface area (Å²) in [6.45, 7) is 0. The van der Waals surface area contributed by atoms with E-state index in [0.29, 0.717) is 23.2 Å². The topological polar surface area (TPSA) is 55.2 Å². The predicted molar refractivity (Wildman–Crippen MR) is 94.4 cm³/mol. The number of halogens is 2. The fraction of sp³-hybridized carbons (Fsp3) is 0.600. The van der Waals surface area contributed by atoms with Crippen molar-refractivity contribution < 1.29 is 18.6 Å². The van der Waals surface area contributed by atoms with Gasteiger partial charge in [-0.25, -0.2) is 9.97 Å². The second-order valence-electron chi connectivity index (χ2n) is 7.70. The van der Waals surface area contributed by atoms with Crippen LogP contribution in [0.15, 0.2) is 18.2 Å². The summed E-state index contributed by atoms with van der Waals surface area (Å²) in [6.07, 6.45) is 5.93. The molecule has 0 spiro atoms. The van der Waals surface area contributed by atoms with Crippen LogP contribution in [0.3, 0.4) is 0 Å². The summed E-state index contributed by atoms with van der Waals surface area (Å²) >= 11 is 0. The highest BCUT2D eigenvalue weighted by Crippen LogP contribution is 2.56. The van der Waals surface area contributed by atoms with Gasteiger partial charge in [0.2, 0.25) is 5.88 Å². The monoisotopic (exact) mass is 362 g/mol. The second-order valence-corrected chi connectivity index (χ2v) is 7.70. The minimum atomic E-state index is -3.18. The molecule has 0 amide bonds. The Hall–Kier alpha value is -1.98. The molecule has 2 aliphatic carbocycles. The van der Waals surface area contributed by atoms with Gasteiger partial charge in [0.1, 0.15) is 5.75 Å². The molecule has 1 N–H and O–H groups in total. The minimum Gasteiger partial charge on any atom is -0.497 e. The minimum absolute atomic E-state index is 0.308. The van der Waals surface area contributed by atoms with E-state index in [9.17, 15) is 13.9 Å². The zero-order valence-electron chi connectivity index (χ0n) is 14.9. The number of alkyl halides is 2. The molecule has 2 aliphatic rings. The molecule has 1 heterocycles. The lowest BCUT2D eigenvalue weighted by atomic mass is 9.95. The first-order valence-corrected chi connectivity index (χ1v) is 9.41. The first kappa shape index (κ1) is 17.4. The van der Waals surface area contributed by atoms with Crippen LogP contribution in [-0.4, -0.2) is 22.2 Å². The van der Waals surface area contributed by atoms with Crippen LogP contribution in [0.5, 0.6) is 11.6 Å². The third-order valence-corrected chi connectivity index (χ3v) is 6.01. The van der Waals surface area contributed by atoms with E-state index < -0.39 is 17.5 Å². The lowest BCUT2D eigenvalue weighted by Crippen LogP contribution is -2.16. The molecule has 140 valence electrons. The molecular weight excluding hydrogens is 338 g/mol. The molecule has 2 aromatic rings. The van der Waals surface area contributed by atoms with Gasteiger partial charge in [-0.2, -0.15) is 8.78 Å². The molecule has 4 nitrogen and oxygen atoms in total. The standard InChI is InChI=1S/C20H24F2N2O2/c1-26-14-7-8-16-17(11-14)24-19(25)18(23-16)20(21,22)9-3-2-4-12-5-6-13-10-15(12)13/h7-8,11-13,15H,2-6,9-10H2,1H3,(H,24,25)/t12-,13+,15+/m0/s1. The van der Waals surface area contributed by atoms with Crippen molar-refractivity contribution >= 4 is 11.0 Å². The van der Waals surface area contributed by atoms with E-state index in [1.807, 2.05) is 0 Å². The highest BCUT2D eigenvalue weighted by atomic mass is 19.3. The number of aromatic nitrogens is 2. The van der Waals surface area contributed by atoms with E-state index in [2.05, 4.69) is 9.97 Å². The third kappa shape index (κ3) is 3.33. The molecule has 4 rings (SSSR count). The molecule has 0 unspecified atom stereocenters. The number of rotatable bonds is 7. The van der Waals surface area contributed by atoms with Gasteiger partial charge in [-0.1, -0.05) is 12.8 Å². The summed E-state index contributed by atoms with van der Waals surface area (Å²) in [5, 5.41) is 9.98. The molecular formula is C20H24F2N2O2. The first-order valence-electron chi connectivity index (χ1n) is 9.41. The molecule has 0 saturated heterocycles. The molecule has 0 bridgehead atoms. The summed E-state index contributed by atoms with van der Waals surface area (Å²) in [6, 6.07) is 4.78. The van der Waals surface area contributed by atoms with Gasteiger partial charge in [0.25, 0.3) is 5.92 Å². The van der Waals surface area contributed by atoms with E-state index in [0.717, 1.165) is 30.6 Å². The number of benzene rings is 1. The highest BCUT2D eigenvalue weighted by Gasteiger charge is 2.47. The van der Waals surface area contributed by atoms with Crippen LogP contribution in [0.25, 0.3) is 11.0 Å². The van der Waals surface area contributed by atoms with Crippen LogP contribution in [0.2, 0.25) is 0 Å². The van der Waals surface area contributed by atoms with Crippen molar-refractivity contribution in [1.82, 2.24) is 9.97 Å². The highest BCUT2D eigenvalue weighted by molar-refractivity contribution is 5.76. The molecule has 0 radical (unpaired) electrons. The van der Waals surface area contributed by atoms with Crippen LogP contribution in [-0.2, 0) is 5.92 Å². The fourth-order valence-electron chi connectivity index (χ4n) is 4.45. The number of nitrogens with zero attached hydrogens (tertiary/aromatic N) is 2. The lowest BCUT2D eigenvalue weighted by molar-refractivity contribution is -0.0227. The Morgan fingerprint density at radius 2 is 2.04 bits per heavy atom. The van der Waals surface area contributed by atoms with Crippen LogP contribution < -0.4 is 4.74 Å². The number of hydrogen-bond donors (Lipinski definition) is 1. The van der Waals surface area contributed by atoms with Gasteiger partial charge in [-0.15, -0.1) is 0 Å². The van der Waals surface area contributed by atoms with Gasteiger partial charge in [0.05, 0.1) is 18.1 Å². The number of fused-ring (bicyclic) bond motifs is 2. The zero-order chi connectivity index (χ0) is 18.3. The van der Waals surface area contributed by atoms with Crippen molar-refractivity contribution in [3.63, 3.8) is 0 Å². The van der Waals surface area contributed by atoms with Gasteiger partial charge in [-0.05, 0) is 55.6 Å². The number of unbranched alkanes of at least 4 members (excludes halogenated alkanes) is 1. The quantitative estimate of drug-likeness (QED) is 0.701. The van der Waals surface area contributed by atoms with Crippen molar-refractivity contribution in [1.29, 1.82) is 0 Å². The van der Waals surface area contributed by atoms with Crippen molar-refractivity contribution in [2.45, 2.75) is 50.9 Å². The number of methoxy groups -OCH3 is 1. The Morgan fingerprint density at radius 1 is 1.19 bits per heavy atom. The summed E-state index contributed by atoms with van der Waals surface area (Å²) in [5.41, 5.74) is 0.0314. The van der Waals surface area contributed by atoms with Crippen LogP contribution in [0.4, 0.5) is 8.78 Å². The molecule has 2 fully saturated rings. The number of aromatic hydroxyl groups is 1. The van der Waals surface area contributed by atoms with E-state index in [1.165, 1.54) is 26.4 Å². The average molecular weight is 362 g/mol. The molecule has 26 heavy (non-hydrogen) atoms. The summed E-state index contributed by atoms with van der Waals surface area (Å²) in [4.78, 5) is 7.87. The molecule has 6 heteroatoms. The molecule has 1 aromatic carbocycles. The Kier molecular flexibility index (Phi) is 4.45.